The maximum atomic E-state index is 12.1. The molecule has 1 rings (SSSR count). The molecule has 0 aliphatic carbocycles. The molecule has 0 bridgehead atoms. The lowest BCUT2D eigenvalue weighted by atomic mass is 9.87. The number of esters is 1. The molecule has 1 aromatic rings. The lowest BCUT2D eigenvalue weighted by molar-refractivity contribution is -0.155. The summed E-state index contributed by atoms with van der Waals surface area (Å²) in [5, 5.41) is 9.51. The Labute approximate surface area is 120 Å². The van der Waals surface area contributed by atoms with Gasteiger partial charge in [0, 0.05) is 0 Å². The summed E-state index contributed by atoms with van der Waals surface area (Å²) in [6, 6.07) is 4.91. The smallest absolute Gasteiger partial charge is 0.311 e. The first-order valence-corrected chi connectivity index (χ1v) is 6.94. The van der Waals surface area contributed by atoms with Gasteiger partial charge in [0.05, 0.1) is 12.5 Å². The van der Waals surface area contributed by atoms with Crippen molar-refractivity contribution in [2.24, 2.45) is 5.41 Å². The second-order valence-corrected chi connectivity index (χ2v) is 5.57. The number of hydrogen-bond acceptors (Lipinski definition) is 4. The minimum absolute atomic E-state index is 0.0749. The fourth-order valence-corrected chi connectivity index (χ4v) is 1.88. The van der Waals surface area contributed by atoms with Gasteiger partial charge in [-0.1, -0.05) is 25.8 Å². The number of methoxy groups -OCH3 is 1. The van der Waals surface area contributed by atoms with Gasteiger partial charge in [-0.15, -0.1) is 0 Å². The topological polar surface area (TPSA) is 55.8 Å². The van der Waals surface area contributed by atoms with Gasteiger partial charge in [-0.2, -0.15) is 0 Å². The van der Waals surface area contributed by atoms with Crippen molar-refractivity contribution >= 4 is 5.97 Å². The van der Waals surface area contributed by atoms with Crippen LogP contribution in [0.2, 0.25) is 0 Å². The molecule has 0 aliphatic heterocycles. The lowest BCUT2D eigenvalue weighted by Crippen LogP contribution is -2.26. The Balaban J connectivity index is 2.60. The second kappa shape index (κ2) is 7.17. The third-order valence-corrected chi connectivity index (χ3v) is 3.32. The first kappa shape index (κ1) is 16.3. The summed E-state index contributed by atoms with van der Waals surface area (Å²) in [6.45, 7) is 6.10. The summed E-state index contributed by atoms with van der Waals surface area (Å²) in [4.78, 5) is 12.1. The maximum Gasteiger partial charge on any atom is 0.311 e. The SMILES string of the molecule is CCCCC(C)(C)C(=O)OCc1ccc(O)c(OC)c1. The molecule has 20 heavy (non-hydrogen) atoms. The number of ether oxygens (including phenoxy) is 2. The van der Waals surface area contributed by atoms with E-state index in [0.29, 0.717) is 5.75 Å². The zero-order valence-electron chi connectivity index (χ0n) is 12.7. The molecular weight excluding hydrogens is 256 g/mol. The summed E-state index contributed by atoms with van der Waals surface area (Å²) in [5.74, 6) is 0.257. The van der Waals surface area contributed by atoms with Crippen LogP contribution in [-0.4, -0.2) is 18.2 Å². The largest absolute Gasteiger partial charge is 0.504 e. The van der Waals surface area contributed by atoms with Crippen molar-refractivity contribution in [3.05, 3.63) is 23.8 Å². The molecule has 1 N–H and O–H groups in total. The Morgan fingerprint density at radius 1 is 1.35 bits per heavy atom. The zero-order chi connectivity index (χ0) is 15.2. The highest BCUT2D eigenvalue weighted by Crippen LogP contribution is 2.28. The van der Waals surface area contributed by atoms with E-state index >= 15 is 0 Å². The Morgan fingerprint density at radius 3 is 2.65 bits per heavy atom. The zero-order valence-corrected chi connectivity index (χ0v) is 12.7. The van der Waals surface area contributed by atoms with Crippen LogP contribution < -0.4 is 4.74 Å². The Hall–Kier alpha value is -1.71. The summed E-state index contributed by atoms with van der Waals surface area (Å²) in [7, 11) is 1.48. The average Bonchev–Trinajstić information content (AvgIpc) is 2.43. The number of phenols is 1. The number of rotatable bonds is 7. The van der Waals surface area contributed by atoms with E-state index in [1.54, 1.807) is 12.1 Å². The summed E-state index contributed by atoms with van der Waals surface area (Å²) >= 11 is 0. The van der Waals surface area contributed by atoms with Gasteiger partial charge in [0.1, 0.15) is 6.61 Å². The van der Waals surface area contributed by atoms with Gasteiger partial charge < -0.3 is 14.6 Å². The van der Waals surface area contributed by atoms with Gasteiger partial charge >= 0.3 is 5.97 Å². The van der Waals surface area contributed by atoms with Crippen LogP contribution in [0.15, 0.2) is 18.2 Å². The molecule has 4 heteroatoms. The van der Waals surface area contributed by atoms with E-state index < -0.39 is 5.41 Å². The summed E-state index contributed by atoms with van der Waals surface area (Å²) in [6.07, 6.45) is 2.89. The number of aromatic hydroxyl groups is 1. The molecule has 0 aliphatic rings. The molecule has 0 heterocycles. The van der Waals surface area contributed by atoms with Crippen LogP contribution in [0.3, 0.4) is 0 Å². The molecule has 0 aromatic heterocycles. The molecule has 112 valence electrons. The van der Waals surface area contributed by atoms with Crippen molar-refractivity contribution < 1.29 is 19.4 Å². The van der Waals surface area contributed by atoms with E-state index in [-0.39, 0.29) is 18.3 Å². The van der Waals surface area contributed by atoms with Crippen LogP contribution >= 0.6 is 0 Å². The van der Waals surface area contributed by atoms with Crippen LogP contribution in [0, 0.1) is 5.41 Å². The number of carbonyl (C=O) groups is 1. The highest BCUT2D eigenvalue weighted by molar-refractivity contribution is 5.75. The molecule has 4 nitrogen and oxygen atoms in total. The normalized spacial score (nSPS) is 11.2. The molecule has 0 fully saturated rings. The Kier molecular flexibility index (Phi) is 5.86. The molecule has 1 aromatic carbocycles. The summed E-state index contributed by atoms with van der Waals surface area (Å²) < 4.78 is 10.4. The minimum Gasteiger partial charge on any atom is -0.504 e. The molecule has 0 amide bonds. The highest BCUT2D eigenvalue weighted by atomic mass is 16.5. The number of phenolic OH excluding ortho intramolecular Hbond substituents is 1. The van der Waals surface area contributed by atoms with Crippen molar-refractivity contribution in [1.82, 2.24) is 0 Å². The monoisotopic (exact) mass is 280 g/mol. The van der Waals surface area contributed by atoms with Crippen LogP contribution in [0.25, 0.3) is 0 Å². The van der Waals surface area contributed by atoms with Crippen LogP contribution in [0.4, 0.5) is 0 Å². The molecule has 0 spiro atoms. The average molecular weight is 280 g/mol. The van der Waals surface area contributed by atoms with E-state index in [1.165, 1.54) is 13.2 Å². The fourth-order valence-electron chi connectivity index (χ4n) is 1.88. The van der Waals surface area contributed by atoms with E-state index in [4.69, 9.17) is 9.47 Å². The molecule has 0 saturated heterocycles. The highest BCUT2D eigenvalue weighted by Gasteiger charge is 2.28. The predicted octanol–water partition coefficient (Wildman–Crippen LogP) is 3.66. The first-order chi connectivity index (χ1) is 9.40. The summed E-state index contributed by atoms with van der Waals surface area (Å²) in [5.41, 5.74) is 0.330. The van der Waals surface area contributed by atoms with E-state index in [0.717, 1.165) is 24.8 Å². The molecule has 0 unspecified atom stereocenters. The molecule has 0 radical (unpaired) electrons. The van der Waals surface area contributed by atoms with E-state index in [2.05, 4.69) is 6.92 Å². The predicted molar refractivity (Wildman–Crippen MR) is 77.8 cm³/mol. The van der Waals surface area contributed by atoms with Crippen molar-refractivity contribution in [3.63, 3.8) is 0 Å². The van der Waals surface area contributed by atoms with E-state index in [9.17, 15) is 9.90 Å². The van der Waals surface area contributed by atoms with Gasteiger partial charge in [0.2, 0.25) is 0 Å². The van der Waals surface area contributed by atoms with Gasteiger partial charge in [-0.3, -0.25) is 4.79 Å². The Morgan fingerprint density at radius 2 is 2.05 bits per heavy atom. The van der Waals surface area contributed by atoms with Crippen molar-refractivity contribution in [1.29, 1.82) is 0 Å². The van der Waals surface area contributed by atoms with Gasteiger partial charge in [-0.25, -0.2) is 0 Å². The van der Waals surface area contributed by atoms with Crippen molar-refractivity contribution in [2.75, 3.05) is 7.11 Å². The third-order valence-electron chi connectivity index (χ3n) is 3.32. The standard InChI is InChI=1S/C16H24O4/c1-5-6-9-16(2,3)15(18)20-11-12-7-8-13(17)14(10-12)19-4/h7-8,10,17H,5-6,9,11H2,1-4H3. The number of hydrogen-bond donors (Lipinski definition) is 1. The van der Waals surface area contributed by atoms with Crippen molar-refractivity contribution in [3.8, 4) is 11.5 Å². The van der Waals surface area contributed by atoms with Gasteiger partial charge in [0.25, 0.3) is 0 Å². The van der Waals surface area contributed by atoms with E-state index in [1.807, 2.05) is 13.8 Å². The first-order valence-electron chi connectivity index (χ1n) is 6.94. The maximum absolute atomic E-state index is 12.1. The second-order valence-electron chi connectivity index (χ2n) is 5.57. The van der Waals surface area contributed by atoms with Crippen LogP contribution in [0.5, 0.6) is 11.5 Å². The van der Waals surface area contributed by atoms with Crippen LogP contribution in [0.1, 0.15) is 45.6 Å². The minimum atomic E-state index is -0.461. The number of benzene rings is 1. The number of carbonyl (C=O) groups excluding carboxylic acids is 1. The lowest BCUT2D eigenvalue weighted by Gasteiger charge is -2.22. The van der Waals surface area contributed by atoms with Crippen molar-refractivity contribution in [2.45, 2.75) is 46.6 Å². The Bertz CT molecular complexity index is 452. The quantitative estimate of drug-likeness (QED) is 0.774. The molecule has 0 atom stereocenters. The van der Waals surface area contributed by atoms with Gasteiger partial charge in [-0.05, 0) is 38.0 Å². The number of unbranched alkanes of at least 4 members (excludes halogenated alkanes) is 1. The fraction of sp³-hybridized carbons (Fsp3) is 0.562. The molecule has 0 saturated carbocycles. The van der Waals surface area contributed by atoms with Crippen LogP contribution in [-0.2, 0) is 16.1 Å². The third kappa shape index (κ3) is 4.44. The van der Waals surface area contributed by atoms with Gasteiger partial charge in [0.15, 0.2) is 11.5 Å². The molecular formula is C16H24O4.